The molecule has 0 amide bonds. The Hall–Kier alpha value is -3.44. The van der Waals surface area contributed by atoms with Crippen molar-refractivity contribution in [3.8, 4) is 11.6 Å². The zero-order chi connectivity index (χ0) is 27.7. The fourth-order valence-electron chi connectivity index (χ4n) is 5.49. The number of aryl methyl sites for hydroxylation is 10. The van der Waals surface area contributed by atoms with E-state index in [0.717, 1.165) is 53.2 Å². The number of hydrogen-bond donors (Lipinski definition) is 0. The van der Waals surface area contributed by atoms with Gasteiger partial charge in [0, 0.05) is 38.6 Å². The van der Waals surface area contributed by atoms with Crippen molar-refractivity contribution in [1.82, 2.24) is 19.1 Å². The van der Waals surface area contributed by atoms with Crippen LogP contribution >= 0.6 is 15.9 Å². The van der Waals surface area contributed by atoms with E-state index in [2.05, 4.69) is 133 Å². The van der Waals surface area contributed by atoms with Crippen molar-refractivity contribution in [2.75, 3.05) is 0 Å². The minimum Gasteiger partial charge on any atom is -0.303 e. The number of nitrogens with zero attached hydrogens (tertiary/aromatic N) is 4. The zero-order valence-electron chi connectivity index (χ0n) is 23.8. The van der Waals surface area contributed by atoms with Crippen LogP contribution in [0.2, 0.25) is 0 Å². The topological polar surface area (TPSA) is 35.6 Å². The van der Waals surface area contributed by atoms with E-state index in [4.69, 9.17) is 9.97 Å². The van der Waals surface area contributed by atoms with Gasteiger partial charge in [-0.05, 0) is 144 Å². The lowest BCUT2D eigenvalue weighted by Gasteiger charge is -2.13. The van der Waals surface area contributed by atoms with Gasteiger partial charge in [-0.3, -0.25) is 0 Å². The highest BCUT2D eigenvalue weighted by Gasteiger charge is 2.11. The van der Waals surface area contributed by atoms with E-state index in [1.54, 1.807) is 0 Å². The van der Waals surface area contributed by atoms with Crippen molar-refractivity contribution in [3.63, 3.8) is 0 Å². The zero-order valence-corrected chi connectivity index (χ0v) is 25.4. The van der Waals surface area contributed by atoms with Gasteiger partial charge in [0.15, 0.2) is 0 Å². The van der Waals surface area contributed by atoms with Crippen molar-refractivity contribution in [2.24, 2.45) is 0 Å². The number of aromatic nitrogens is 4. The Balaban J connectivity index is 1.31. The van der Waals surface area contributed by atoms with E-state index in [1.807, 2.05) is 0 Å². The summed E-state index contributed by atoms with van der Waals surface area (Å²) in [5.74, 6) is 2.02. The normalized spacial score (nSPS) is 11.4. The van der Waals surface area contributed by atoms with E-state index in [1.165, 1.54) is 45.0 Å². The molecule has 4 nitrogen and oxygen atoms in total. The Labute approximate surface area is 240 Å². The van der Waals surface area contributed by atoms with Crippen molar-refractivity contribution in [3.05, 3.63) is 128 Å². The predicted octanol–water partition coefficient (Wildman–Crippen LogP) is 8.24. The fraction of sp³-hybridized carbons (Fsp3) is 0.294. The molecule has 0 unspecified atom stereocenters. The standard InChI is InChI=1S/C34H37BrN4/c1-22-17-30(36-33(19-22)38-24(3)7-8-25(38)4)14-11-28-12-16-32(35)29(21-28)13-15-31-18-23(2)20-34(37-31)39-26(5)9-10-27(39)6/h7-10,12,16-21H,11,13-15H2,1-6H3. The summed E-state index contributed by atoms with van der Waals surface area (Å²) in [6.45, 7) is 12.8. The minimum absolute atomic E-state index is 0.897. The first-order valence-electron chi connectivity index (χ1n) is 13.7. The van der Waals surface area contributed by atoms with Crippen LogP contribution in [-0.4, -0.2) is 19.1 Å². The van der Waals surface area contributed by atoms with E-state index in [9.17, 15) is 0 Å². The molecule has 0 aliphatic carbocycles. The summed E-state index contributed by atoms with van der Waals surface area (Å²) >= 11 is 3.79. The number of hydrogen-bond acceptors (Lipinski definition) is 2. The average molecular weight is 582 g/mol. The molecule has 5 aromatic rings. The molecule has 0 fully saturated rings. The molecule has 5 rings (SSSR count). The molecule has 0 spiro atoms. The Bertz CT molecular complexity index is 1600. The number of pyridine rings is 2. The van der Waals surface area contributed by atoms with Gasteiger partial charge in [-0.15, -0.1) is 0 Å². The van der Waals surface area contributed by atoms with Gasteiger partial charge in [0.1, 0.15) is 11.6 Å². The molecular formula is C34H37BrN4. The van der Waals surface area contributed by atoms with Crippen molar-refractivity contribution in [2.45, 2.75) is 67.2 Å². The largest absolute Gasteiger partial charge is 0.303 e. The third-order valence-corrected chi connectivity index (χ3v) is 8.22. The maximum absolute atomic E-state index is 5.03. The first-order chi connectivity index (χ1) is 18.7. The van der Waals surface area contributed by atoms with Crippen LogP contribution in [0, 0.1) is 41.5 Å². The van der Waals surface area contributed by atoms with Crippen LogP contribution in [0.1, 0.15) is 56.4 Å². The molecule has 4 heterocycles. The molecule has 0 bridgehead atoms. The summed E-state index contributed by atoms with van der Waals surface area (Å²) < 4.78 is 5.62. The second-order valence-electron chi connectivity index (χ2n) is 10.8. The molecule has 4 aromatic heterocycles. The molecule has 0 saturated heterocycles. The quantitative estimate of drug-likeness (QED) is 0.185. The molecule has 0 radical (unpaired) electrons. The van der Waals surface area contributed by atoms with E-state index >= 15 is 0 Å². The molecule has 200 valence electrons. The minimum atomic E-state index is 0.897. The van der Waals surface area contributed by atoms with Gasteiger partial charge in [0.25, 0.3) is 0 Å². The molecule has 39 heavy (non-hydrogen) atoms. The maximum atomic E-state index is 5.03. The third-order valence-electron chi connectivity index (χ3n) is 7.45. The summed E-state index contributed by atoms with van der Waals surface area (Å²) in [6.07, 6.45) is 3.70. The second-order valence-corrected chi connectivity index (χ2v) is 11.7. The van der Waals surface area contributed by atoms with E-state index in [0.29, 0.717) is 0 Å². The Morgan fingerprint density at radius 1 is 0.538 bits per heavy atom. The summed E-state index contributed by atoms with van der Waals surface area (Å²) in [5, 5.41) is 0. The lowest BCUT2D eigenvalue weighted by molar-refractivity contribution is 0.850. The number of halogens is 1. The van der Waals surface area contributed by atoms with Crippen molar-refractivity contribution >= 4 is 15.9 Å². The highest BCUT2D eigenvalue weighted by atomic mass is 79.9. The molecule has 5 heteroatoms. The summed E-state index contributed by atoms with van der Waals surface area (Å²) in [4.78, 5) is 10.1. The predicted molar refractivity (Wildman–Crippen MR) is 165 cm³/mol. The van der Waals surface area contributed by atoms with Crippen LogP contribution in [-0.2, 0) is 25.7 Å². The van der Waals surface area contributed by atoms with Gasteiger partial charge in [0.05, 0.1) is 0 Å². The molecule has 1 aromatic carbocycles. The van der Waals surface area contributed by atoms with Crippen molar-refractivity contribution < 1.29 is 0 Å². The molecular weight excluding hydrogens is 544 g/mol. The monoisotopic (exact) mass is 580 g/mol. The molecule has 0 saturated carbocycles. The summed E-state index contributed by atoms with van der Waals surface area (Å²) in [6, 6.07) is 24.1. The number of benzene rings is 1. The van der Waals surface area contributed by atoms with Crippen LogP contribution in [0.25, 0.3) is 11.6 Å². The molecule has 0 atom stereocenters. The highest BCUT2D eigenvalue weighted by Crippen LogP contribution is 2.23. The second kappa shape index (κ2) is 11.4. The van der Waals surface area contributed by atoms with Crippen LogP contribution in [0.3, 0.4) is 0 Å². The SMILES string of the molecule is Cc1cc(CCc2ccc(Br)c(CCc3cc(C)cc(-n4c(C)ccc4C)n3)c2)nc(-n2c(C)ccc2C)c1. The maximum Gasteiger partial charge on any atom is 0.137 e. The van der Waals surface area contributed by atoms with E-state index < -0.39 is 0 Å². The molecule has 0 aliphatic rings. The van der Waals surface area contributed by atoms with Crippen LogP contribution in [0.4, 0.5) is 0 Å². The van der Waals surface area contributed by atoms with Gasteiger partial charge in [0.2, 0.25) is 0 Å². The van der Waals surface area contributed by atoms with Gasteiger partial charge >= 0.3 is 0 Å². The first-order valence-corrected chi connectivity index (χ1v) is 14.5. The van der Waals surface area contributed by atoms with Crippen LogP contribution in [0.15, 0.2) is 71.2 Å². The van der Waals surface area contributed by atoms with E-state index in [-0.39, 0.29) is 0 Å². The fourth-order valence-corrected chi connectivity index (χ4v) is 5.94. The van der Waals surface area contributed by atoms with Gasteiger partial charge < -0.3 is 9.13 Å². The van der Waals surface area contributed by atoms with Gasteiger partial charge in [-0.2, -0.15) is 0 Å². The van der Waals surface area contributed by atoms with Crippen LogP contribution < -0.4 is 0 Å². The molecule has 0 N–H and O–H groups in total. The van der Waals surface area contributed by atoms with Crippen molar-refractivity contribution in [1.29, 1.82) is 0 Å². The molecule has 0 aliphatic heterocycles. The lowest BCUT2D eigenvalue weighted by atomic mass is 10.0. The van der Waals surface area contributed by atoms with Gasteiger partial charge in [-0.1, -0.05) is 28.1 Å². The third kappa shape index (κ3) is 6.09. The first kappa shape index (κ1) is 27.1. The highest BCUT2D eigenvalue weighted by molar-refractivity contribution is 9.10. The van der Waals surface area contributed by atoms with Crippen LogP contribution in [0.5, 0.6) is 0 Å². The smallest absolute Gasteiger partial charge is 0.137 e. The summed E-state index contributed by atoms with van der Waals surface area (Å²) in [5.41, 5.74) is 12.2. The Kier molecular flexibility index (Phi) is 7.90. The Morgan fingerprint density at radius 2 is 1.00 bits per heavy atom. The summed E-state index contributed by atoms with van der Waals surface area (Å²) in [7, 11) is 0. The van der Waals surface area contributed by atoms with Gasteiger partial charge in [-0.25, -0.2) is 9.97 Å². The average Bonchev–Trinajstić information content (AvgIpc) is 3.41. The number of rotatable bonds is 8. The lowest BCUT2D eigenvalue weighted by Crippen LogP contribution is -2.06. The Morgan fingerprint density at radius 3 is 1.49 bits per heavy atom.